The molecule has 19 heavy (non-hydrogen) atoms. The molecule has 0 aliphatic rings. The van der Waals surface area contributed by atoms with Crippen molar-refractivity contribution in [3.63, 3.8) is 0 Å². The summed E-state index contributed by atoms with van der Waals surface area (Å²) in [6, 6.07) is 6.36. The Balaban J connectivity index is 2.38. The molecule has 0 heterocycles. The minimum absolute atomic E-state index is 0.128. The van der Waals surface area contributed by atoms with Crippen LogP contribution in [0.1, 0.15) is 24.2 Å². The molecule has 0 aliphatic heterocycles. The maximum Gasteiger partial charge on any atom is 0.251 e. The summed E-state index contributed by atoms with van der Waals surface area (Å²) in [7, 11) is 0. The first kappa shape index (κ1) is 15.5. The Hall–Kier alpha value is -1.59. The number of amides is 2. The lowest BCUT2D eigenvalue weighted by molar-refractivity contribution is -0.121. The summed E-state index contributed by atoms with van der Waals surface area (Å²) in [4.78, 5) is 23.1. The van der Waals surface area contributed by atoms with E-state index in [9.17, 15) is 14.7 Å². The Kier molecular flexibility index (Phi) is 5.32. The molecule has 3 N–H and O–H groups in total. The predicted molar refractivity (Wildman–Crippen MR) is 73.1 cm³/mol. The van der Waals surface area contributed by atoms with Gasteiger partial charge in [0.25, 0.3) is 5.91 Å². The number of rotatable bonds is 5. The first-order chi connectivity index (χ1) is 8.78. The molecule has 0 saturated heterocycles. The summed E-state index contributed by atoms with van der Waals surface area (Å²) in [6.45, 7) is 3.15. The number of aliphatic hydroxyl groups is 1. The van der Waals surface area contributed by atoms with E-state index in [0.29, 0.717) is 10.6 Å². The van der Waals surface area contributed by atoms with Crippen LogP contribution in [0, 0.1) is 0 Å². The largest absolute Gasteiger partial charge is 0.389 e. The van der Waals surface area contributed by atoms with Crippen molar-refractivity contribution in [3.05, 3.63) is 34.9 Å². The summed E-state index contributed by atoms with van der Waals surface area (Å²) >= 11 is 5.71. The number of hydrogen-bond acceptors (Lipinski definition) is 3. The van der Waals surface area contributed by atoms with Crippen molar-refractivity contribution in [2.75, 3.05) is 13.1 Å². The van der Waals surface area contributed by atoms with Gasteiger partial charge in [-0.3, -0.25) is 9.59 Å². The molecule has 0 saturated carbocycles. The highest BCUT2D eigenvalue weighted by atomic mass is 35.5. The summed E-state index contributed by atoms with van der Waals surface area (Å²) < 4.78 is 0. The van der Waals surface area contributed by atoms with E-state index in [1.165, 1.54) is 0 Å². The molecular formula is C13H17ClN2O3. The number of carbonyl (C=O) groups is 2. The van der Waals surface area contributed by atoms with Crippen molar-refractivity contribution in [2.24, 2.45) is 0 Å². The van der Waals surface area contributed by atoms with E-state index >= 15 is 0 Å². The fraction of sp³-hybridized carbons (Fsp3) is 0.385. The zero-order valence-corrected chi connectivity index (χ0v) is 11.6. The van der Waals surface area contributed by atoms with Gasteiger partial charge in [-0.25, -0.2) is 0 Å². The van der Waals surface area contributed by atoms with Gasteiger partial charge in [0.2, 0.25) is 5.91 Å². The van der Waals surface area contributed by atoms with Crippen LogP contribution >= 0.6 is 11.6 Å². The Morgan fingerprint density at radius 1 is 1.21 bits per heavy atom. The average Bonchev–Trinajstić information content (AvgIpc) is 2.33. The maximum absolute atomic E-state index is 11.7. The highest BCUT2D eigenvalue weighted by molar-refractivity contribution is 6.30. The molecule has 0 aliphatic carbocycles. The monoisotopic (exact) mass is 284 g/mol. The minimum Gasteiger partial charge on any atom is -0.389 e. The Labute approximate surface area is 117 Å². The highest BCUT2D eigenvalue weighted by Crippen LogP contribution is 2.09. The van der Waals surface area contributed by atoms with E-state index in [1.54, 1.807) is 38.1 Å². The van der Waals surface area contributed by atoms with Crippen LogP contribution in [-0.4, -0.2) is 35.6 Å². The molecule has 0 spiro atoms. The summed E-state index contributed by atoms with van der Waals surface area (Å²) in [5.74, 6) is -0.709. The highest BCUT2D eigenvalue weighted by Gasteiger charge is 2.14. The standard InChI is InChI=1S/C13H17ClN2O3/c1-13(2,19)8-16-11(17)7-15-12(18)9-3-5-10(14)6-4-9/h3-6,19H,7-8H2,1-2H3,(H,15,18)(H,16,17). The van der Waals surface area contributed by atoms with Crippen LogP contribution < -0.4 is 10.6 Å². The molecule has 104 valence electrons. The molecule has 6 heteroatoms. The van der Waals surface area contributed by atoms with Crippen LogP contribution in [-0.2, 0) is 4.79 Å². The average molecular weight is 285 g/mol. The molecule has 1 aromatic rings. The van der Waals surface area contributed by atoms with Crippen LogP contribution in [0.4, 0.5) is 0 Å². The quantitative estimate of drug-likeness (QED) is 0.753. The second-order valence-electron chi connectivity index (χ2n) is 4.78. The van der Waals surface area contributed by atoms with Crippen LogP contribution in [0.5, 0.6) is 0 Å². The number of halogens is 1. The molecule has 0 atom stereocenters. The molecule has 1 rings (SSSR count). The first-order valence-electron chi connectivity index (χ1n) is 5.81. The van der Waals surface area contributed by atoms with Crippen molar-refractivity contribution in [3.8, 4) is 0 Å². The van der Waals surface area contributed by atoms with E-state index in [4.69, 9.17) is 11.6 Å². The number of carbonyl (C=O) groups excluding carboxylic acids is 2. The Morgan fingerprint density at radius 3 is 2.32 bits per heavy atom. The van der Waals surface area contributed by atoms with Crippen molar-refractivity contribution >= 4 is 23.4 Å². The minimum atomic E-state index is -0.976. The molecule has 0 radical (unpaired) electrons. The van der Waals surface area contributed by atoms with Gasteiger partial charge in [-0.15, -0.1) is 0 Å². The van der Waals surface area contributed by atoms with Gasteiger partial charge >= 0.3 is 0 Å². The third-order valence-corrected chi connectivity index (χ3v) is 2.49. The number of benzene rings is 1. The van der Waals surface area contributed by atoms with E-state index < -0.39 is 5.60 Å². The molecule has 0 unspecified atom stereocenters. The molecule has 0 fully saturated rings. The van der Waals surface area contributed by atoms with Crippen molar-refractivity contribution in [1.82, 2.24) is 10.6 Å². The number of hydrogen-bond donors (Lipinski definition) is 3. The fourth-order valence-corrected chi connectivity index (χ4v) is 1.37. The van der Waals surface area contributed by atoms with Gasteiger partial charge in [0.05, 0.1) is 12.1 Å². The third kappa shape index (κ3) is 6.22. The van der Waals surface area contributed by atoms with Crippen molar-refractivity contribution in [2.45, 2.75) is 19.4 Å². The van der Waals surface area contributed by atoms with Crippen molar-refractivity contribution in [1.29, 1.82) is 0 Å². The lowest BCUT2D eigenvalue weighted by Gasteiger charge is -2.17. The van der Waals surface area contributed by atoms with Gasteiger partial charge < -0.3 is 15.7 Å². The van der Waals surface area contributed by atoms with E-state index in [-0.39, 0.29) is 24.9 Å². The lowest BCUT2D eigenvalue weighted by Crippen LogP contribution is -2.43. The molecule has 2 amide bonds. The second-order valence-corrected chi connectivity index (χ2v) is 5.22. The van der Waals surface area contributed by atoms with E-state index in [2.05, 4.69) is 10.6 Å². The van der Waals surface area contributed by atoms with E-state index in [1.807, 2.05) is 0 Å². The third-order valence-electron chi connectivity index (χ3n) is 2.23. The Bertz CT molecular complexity index is 452. The second kappa shape index (κ2) is 6.54. The van der Waals surface area contributed by atoms with Gasteiger partial charge in [-0.05, 0) is 38.1 Å². The van der Waals surface area contributed by atoms with Crippen LogP contribution in [0.25, 0.3) is 0 Å². The Morgan fingerprint density at radius 2 is 1.79 bits per heavy atom. The molecule has 0 aromatic heterocycles. The van der Waals surface area contributed by atoms with Gasteiger partial charge in [-0.2, -0.15) is 0 Å². The zero-order valence-electron chi connectivity index (χ0n) is 10.9. The zero-order chi connectivity index (χ0) is 14.5. The van der Waals surface area contributed by atoms with Gasteiger partial charge in [0.1, 0.15) is 0 Å². The van der Waals surface area contributed by atoms with E-state index in [0.717, 1.165) is 0 Å². The van der Waals surface area contributed by atoms with Crippen LogP contribution in [0.15, 0.2) is 24.3 Å². The predicted octanol–water partition coefficient (Wildman–Crippen LogP) is 0.957. The molecule has 5 nitrogen and oxygen atoms in total. The summed E-state index contributed by atoms with van der Waals surface area (Å²) in [6.07, 6.45) is 0. The van der Waals surface area contributed by atoms with Gasteiger partial charge in [0.15, 0.2) is 0 Å². The molecule has 0 bridgehead atoms. The topological polar surface area (TPSA) is 78.4 Å². The van der Waals surface area contributed by atoms with Crippen LogP contribution in [0.3, 0.4) is 0 Å². The normalized spacial score (nSPS) is 10.9. The number of nitrogens with one attached hydrogen (secondary N) is 2. The van der Waals surface area contributed by atoms with Crippen molar-refractivity contribution < 1.29 is 14.7 Å². The first-order valence-corrected chi connectivity index (χ1v) is 6.18. The molecule has 1 aromatic carbocycles. The lowest BCUT2D eigenvalue weighted by atomic mass is 10.1. The summed E-state index contributed by atoms with van der Waals surface area (Å²) in [5.41, 5.74) is -0.546. The smallest absolute Gasteiger partial charge is 0.251 e. The maximum atomic E-state index is 11.7. The van der Waals surface area contributed by atoms with Crippen LogP contribution in [0.2, 0.25) is 5.02 Å². The SMILES string of the molecule is CC(C)(O)CNC(=O)CNC(=O)c1ccc(Cl)cc1. The van der Waals surface area contributed by atoms with Gasteiger partial charge in [-0.1, -0.05) is 11.6 Å². The van der Waals surface area contributed by atoms with Gasteiger partial charge in [0, 0.05) is 17.1 Å². The fourth-order valence-electron chi connectivity index (χ4n) is 1.24. The molecular weight excluding hydrogens is 268 g/mol. The summed E-state index contributed by atoms with van der Waals surface area (Å²) in [5, 5.41) is 15.0.